The van der Waals surface area contributed by atoms with Gasteiger partial charge in [0.15, 0.2) is 0 Å². The number of carboxylic acids is 1. The van der Waals surface area contributed by atoms with Crippen LogP contribution in [0.1, 0.15) is 99.7 Å². The number of nitrogens with zero attached hydrogens (tertiary/aromatic N) is 2. The van der Waals surface area contributed by atoms with Gasteiger partial charge < -0.3 is 14.6 Å². The minimum atomic E-state index is -0.773. The minimum absolute atomic E-state index is 0.0310. The first kappa shape index (κ1) is 25.7. The third kappa shape index (κ3) is 6.06. The Kier molecular flexibility index (Phi) is 7.38. The lowest BCUT2D eigenvalue weighted by molar-refractivity contribution is -0.143. The van der Waals surface area contributed by atoms with Crippen LogP contribution in [-0.2, 0) is 14.3 Å². The molecule has 0 spiro atoms. The van der Waals surface area contributed by atoms with Gasteiger partial charge in [0.05, 0.1) is 30.1 Å². The van der Waals surface area contributed by atoms with Crippen LogP contribution in [0.25, 0.3) is 5.69 Å². The average molecular weight is 498 g/mol. The molecule has 0 bridgehead atoms. The highest BCUT2D eigenvalue weighted by Gasteiger charge is 2.34. The number of aliphatic carboxylic acids is 1. The van der Waals surface area contributed by atoms with Gasteiger partial charge in [-0.25, -0.2) is 14.3 Å². The largest absolute Gasteiger partial charge is 0.481 e. The highest BCUT2D eigenvalue weighted by atomic mass is 16.6. The number of nitrogens with one attached hydrogen (secondary N) is 1. The first-order chi connectivity index (χ1) is 17.1. The number of carboxylic acid groups (broad SMARTS) is 1. The number of hydrogen-bond acceptors (Lipinski definition) is 6. The molecule has 1 heterocycles. The molecule has 2 fully saturated rings. The molecule has 2 aliphatic carbocycles. The zero-order valence-corrected chi connectivity index (χ0v) is 21.4. The van der Waals surface area contributed by atoms with Crippen LogP contribution in [0.4, 0.5) is 10.5 Å². The molecule has 1 aromatic carbocycles. The van der Waals surface area contributed by atoms with Crippen molar-refractivity contribution in [3.05, 3.63) is 41.2 Å². The molecule has 194 valence electrons. The molecule has 2 aromatic rings. The Hall–Kier alpha value is -3.36. The Balaban J connectivity index is 1.74. The lowest BCUT2D eigenvalue weighted by Crippen LogP contribution is -2.27. The van der Waals surface area contributed by atoms with Gasteiger partial charge in [0, 0.05) is 11.6 Å². The zero-order chi connectivity index (χ0) is 26.0. The Bertz CT molecular complexity index is 1140. The smallest absolute Gasteiger partial charge is 0.412 e. The third-order valence-corrected chi connectivity index (χ3v) is 6.59. The Morgan fingerprint density at radius 2 is 1.86 bits per heavy atom. The van der Waals surface area contributed by atoms with Gasteiger partial charge in [-0.3, -0.25) is 10.1 Å². The summed E-state index contributed by atoms with van der Waals surface area (Å²) in [7, 11) is 0. The fourth-order valence-electron chi connectivity index (χ4n) is 4.88. The summed E-state index contributed by atoms with van der Waals surface area (Å²) in [5, 5.41) is 17.0. The number of anilines is 1. The van der Waals surface area contributed by atoms with Gasteiger partial charge >= 0.3 is 18.0 Å². The summed E-state index contributed by atoms with van der Waals surface area (Å²) in [6, 6.07) is 5.68. The molecule has 2 atom stereocenters. The van der Waals surface area contributed by atoms with Gasteiger partial charge in [-0.1, -0.05) is 6.42 Å². The van der Waals surface area contributed by atoms with Crippen molar-refractivity contribution in [1.82, 2.24) is 9.78 Å². The van der Waals surface area contributed by atoms with Gasteiger partial charge in [-0.15, -0.1) is 0 Å². The maximum absolute atomic E-state index is 12.6. The number of esters is 1. The van der Waals surface area contributed by atoms with Crippen molar-refractivity contribution in [2.75, 3.05) is 11.9 Å². The van der Waals surface area contributed by atoms with Crippen molar-refractivity contribution in [3.63, 3.8) is 0 Å². The highest BCUT2D eigenvalue weighted by molar-refractivity contribution is 5.91. The Morgan fingerprint density at radius 3 is 2.50 bits per heavy atom. The number of ether oxygens (including phenoxy) is 2. The Morgan fingerprint density at radius 1 is 1.11 bits per heavy atom. The summed E-state index contributed by atoms with van der Waals surface area (Å²) < 4.78 is 12.4. The first-order valence-electron chi connectivity index (χ1n) is 12.7. The van der Waals surface area contributed by atoms with Gasteiger partial charge in [-0.2, -0.15) is 5.10 Å². The molecule has 0 saturated heterocycles. The van der Waals surface area contributed by atoms with Crippen molar-refractivity contribution in [2.24, 2.45) is 5.92 Å². The zero-order valence-electron chi connectivity index (χ0n) is 21.4. The lowest BCUT2D eigenvalue weighted by Gasteiger charge is -2.28. The summed E-state index contributed by atoms with van der Waals surface area (Å²) in [5.74, 6) is -1.32. The molecule has 9 nitrogen and oxygen atoms in total. The fraction of sp³-hybridized carbons (Fsp3) is 0.556. The van der Waals surface area contributed by atoms with E-state index in [1.807, 2.05) is 12.1 Å². The third-order valence-electron chi connectivity index (χ3n) is 6.59. The van der Waals surface area contributed by atoms with E-state index in [0.717, 1.165) is 36.9 Å². The summed E-state index contributed by atoms with van der Waals surface area (Å²) in [6.07, 6.45) is 5.78. The van der Waals surface area contributed by atoms with Crippen LogP contribution < -0.4 is 5.32 Å². The number of rotatable bonds is 7. The lowest BCUT2D eigenvalue weighted by atomic mass is 9.78. The first-order valence-corrected chi connectivity index (χ1v) is 12.7. The molecule has 2 N–H and O–H groups in total. The molecule has 1 aromatic heterocycles. The van der Waals surface area contributed by atoms with Crippen molar-refractivity contribution < 1.29 is 29.0 Å². The summed E-state index contributed by atoms with van der Waals surface area (Å²) in [4.78, 5) is 36.8. The van der Waals surface area contributed by atoms with E-state index in [9.17, 15) is 19.5 Å². The number of carbonyl (C=O) groups excluding carboxylic acids is 2. The second kappa shape index (κ2) is 10.3. The molecular formula is C27H35N3O6. The van der Waals surface area contributed by atoms with Crippen LogP contribution in [-0.4, -0.2) is 45.1 Å². The van der Waals surface area contributed by atoms with Gasteiger partial charge in [0.25, 0.3) is 0 Å². The molecular weight excluding hydrogens is 462 g/mol. The summed E-state index contributed by atoms with van der Waals surface area (Å²) in [6.45, 7) is 7.44. The molecule has 36 heavy (non-hydrogen) atoms. The van der Waals surface area contributed by atoms with Crippen LogP contribution in [0.2, 0.25) is 0 Å². The molecule has 4 rings (SSSR count). The quantitative estimate of drug-likeness (QED) is 0.476. The van der Waals surface area contributed by atoms with E-state index in [2.05, 4.69) is 10.4 Å². The van der Waals surface area contributed by atoms with Crippen LogP contribution in [0.3, 0.4) is 0 Å². The van der Waals surface area contributed by atoms with Crippen molar-refractivity contribution in [3.8, 4) is 5.69 Å². The van der Waals surface area contributed by atoms with Crippen molar-refractivity contribution in [2.45, 2.75) is 83.7 Å². The Labute approximate surface area is 211 Å². The molecule has 2 saturated carbocycles. The second-order valence-corrected chi connectivity index (χ2v) is 10.7. The van der Waals surface area contributed by atoms with Crippen LogP contribution in [0.5, 0.6) is 0 Å². The maximum atomic E-state index is 12.6. The van der Waals surface area contributed by atoms with Gasteiger partial charge in [-0.05, 0) is 89.5 Å². The highest BCUT2D eigenvalue weighted by Crippen LogP contribution is 2.44. The van der Waals surface area contributed by atoms with E-state index < -0.39 is 29.6 Å². The topological polar surface area (TPSA) is 120 Å². The predicted molar refractivity (Wildman–Crippen MR) is 134 cm³/mol. The van der Waals surface area contributed by atoms with Crippen LogP contribution in [0.15, 0.2) is 24.4 Å². The number of amides is 1. The van der Waals surface area contributed by atoms with Crippen LogP contribution in [0, 0.1) is 5.92 Å². The van der Waals surface area contributed by atoms with Crippen LogP contribution >= 0.6 is 0 Å². The van der Waals surface area contributed by atoms with E-state index in [0.29, 0.717) is 29.8 Å². The standard InChI is InChI=1S/C27H35N3O6/c1-5-35-25(33)22-15-28-30(23(22)16-9-10-16)21-13-19(17-7-6-8-18(11-17)24(31)32)12-20(14-21)29-26(34)36-27(2,3)4/h12-18H,5-11H2,1-4H3,(H,29,34)(H,31,32)/t17-,18+/m0/s1. The van der Waals surface area contributed by atoms with Crippen molar-refractivity contribution >= 4 is 23.7 Å². The van der Waals surface area contributed by atoms with E-state index in [4.69, 9.17) is 9.47 Å². The summed E-state index contributed by atoms with van der Waals surface area (Å²) >= 11 is 0. The van der Waals surface area contributed by atoms with E-state index in [-0.39, 0.29) is 18.4 Å². The predicted octanol–water partition coefficient (Wildman–Crippen LogP) is 5.63. The SMILES string of the molecule is CCOC(=O)c1cnn(-c2cc(NC(=O)OC(C)(C)C)cc([C@H]3CCC[C@@H](C(=O)O)C3)c2)c1C1CC1. The molecule has 9 heteroatoms. The van der Waals surface area contributed by atoms with Gasteiger partial charge in [0.1, 0.15) is 11.2 Å². The molecule has 0 radical (unpaired) electrons. The molecule has 0 aliphatic heterocycles. The molecule has 2 aliphatic rings. The monoisotopic (exact) mass is 497 g/mol. The normalized spacial score (nSPS) is 20.0. The maximum Gasteiger partial charge on any atom is 0.412 e. The van der Waals surface area contributed by atoms with Crippen molar-refractivity contribution in [1.29, 1.82) is 0 Å². The number of carbonyl (C=O) groups is 3. The number of aromatic nitrogens is 2. The number of benzene rings is 1. The molecule has 1 amide bonds. The van der Waals surface area contributed by atoms with E-state index in [1.165, 1.54) is 0 Å². The summed E-state index contributed by atoms with van der Waals surface area (Å²) in [5.41, 5.74) is 2.77. The second-order valence-electron chi connectivity index (χ2n) is 10.7. The van der Waals surface area contributed by atoms with E-state index in [1.54, 1.807) is 44.6 Å². The number of hydrogen-bond donors (Lipinski definition) is 2. The minimum Gasteiger partial charge on any atom is -0.481 e. The fourth-order valence-corrected chi connectivity index (χ4v) is 4.88. The van der Waals surface area contributed by atoms with E-state index >= 15 is 0 Å². The van der Waals surface area contributed by atoms with Gasteiger partial charge in [0.2, 0.25) is 0 Å². The average Bonchev–Trinajstić information content (AvgIpc) is 3.55. The molecule has 0 unspecified atom stereocenters.